The fourth-order valence-corrected chi connectivity index (χ4v) is 1.67. The summed E-state index contributed by atoms with van der Waals surface area (Å²) in [6.45, 7) is 2.98. The van der Waals surface area contributed by atoms with E-state index in [9.17, 15) is 4.79 Å². The zero-order valence-corrected chi connectivity index (χ0v) is 7.68. The van der Waals surface area contributed by atoms with Gasteiger partial charge in [0.05, 0.1) is 12.6 Å². The van der Waals surface area contributed by atoms with Crippen molar-refractivity contribution in [3.05, 3.63) is 12.3 Å². The second-order valence-electron chi connectivity index (χ2n) is 3.41. The number of hydrogen-bond donors (Lipinski definition) is 2. The van der Waals surface area contributed by atoms with Crippen molar-refractivity contribution in [3.63, 3.8) is 0 Å². The van der Waals surface area contributed by atoms with Crippen LogP contribution < -0.4 is 0 Å². The highest BCUT2D eigenvalue weighted by atomic mass is 16.4. The fraction of sp³-hybridized carbons (Fsp3) is 0.667. The molecule has 0 bridgehead atoms. The van der Waals surface area contributed by atoms with Crippen LogP contribution in [0, 0.1) is 5.92 Å². The molecule has 74 valence electrons. The van der Waals surface area contributed by atoms with Gasteiger partial charge in [-0.05, 0) is 12.3 Å². The van der Waals surface area contributed by atoms with Gasteiger partial charge < -0.3 is 15.1 Å². The molecule has 2 N–H and O–H groups in total. The van der Waals surface area contributed by atoms with Crippen molar-refractivity contribution in [1.82, 2.24) is 4.90 Å². The molecule has 2 atom stereocenters. The second-order valence-corrected chi connectivity index (χ2v) is 3.41. The number of carboxylic acid groups (broad SMARTS) is 1. The molecule has 1 rings (SSSR count). The molecule has 0 radical (unpaired) electrons. The summed E-state index contributed by atoms with van der Waals surface area (Å²) in [6.07, 6.45) is 3.67. The lowest BCUT2D eigenvalue weighted by Gasteiger charge is -2.22. The molecule has 0 aliphatic carbocycles. The van der Waals surface area contributed by atoms with Crippen LogP contribution >= 0.6 is 0 Å². The molecule has 1 saturated heterocycles. The third kappa shape index (κ3) is 2.45. The van der Waals surface area contributed by atoms with Crippen molar-refractivity contribution in [1.29, 1.82) is 0 Å². The van der Waals surface area contributed by atoms with E-state index in [-0.39, 0.29) is 12.6 Å². The zero-order valence-electron chi connectivity index (χ0n) is 7.68. The SMILES string of the molecule is CC1CCN(/C=C/C(=O)O)C1CO. The molecule has 1 aliphatic heterocycles. The first-order chi connectivity index (χ1) is 6.15. The molecule has 1 aliphatic rings. The van der Waals surface area contributed by atoms with Crippen LogP contribution in [0.1, 0.15) is 13.3 Å². The van der Waals surface area contributed by atoms with E-state index in [0.717, 1.165) is 19.0 Å². The van der Waals surface area contributed by atoms with Gasteiger partial charge in [-0.1, -0.05) is 6.92 Å². The summed E-state index contributed by atoms with van der Waals surface area (Å²) in [7, 11) is 0. The monoisotopic (exact) mass is 185 g/mol. The third-order valence-corrected chi connectivity index (χ3v) is 2.52. The quantitative estimate of drug-likeness (QED) is 0.620. The van der Waals surface area contributed by atoms with Crippen molar-refractivity contribution < 1.29 is 15.0 Å². The highest BCUT2D eigenvalue weighted by Crippen LogP contribution is 2.23. The predicted octanol–water partition coefficient (Wildman–Crippen LogP) is 0.287. The van der Waals surface area contributed by atoms with Gasteiger partial charge in [-0.3, -0.25) is 0 Å². The summed E-state index contributed by atoms with van der Waals surface area (Å²) < 4.78 is 0. The molecular formula is C9H15NO3. The molecule has 1 heterocycles. The van der Waals surface area contributed by atoms with Gasteiger partial charge >= 0.3 is 5.97 Å². The molecule has 0 saturated carbocycles. The Bertz CT molecular complexity index is 215. The van der Waals surface area contributed by atoms with Crippen molar-refractivity contribution in [2.45, 2.75) is 19.4 Å². The van der Waals surface area contributed by atoms with Gasteiger partial charge in [0, 0.05) is 18.8 Å². The highest BCUT2D eigenvalue weighted by Gasteiger charge is 2.28. The Labute approximate surface area is 77.5 Å². The Morgan fingerprint density at radius 1 is 1.69 bits per heavy atom. The van der Waals surface area contributed by atoms with Crippen LogP contribution in [0.5, 0.6) is 0 Å². The number of carbonyl (C=O) groups is 1. The van der Waals surface area contributed by atoms with E-state index in [4.69, 9.17) is 10.2 Å². The Morgan fingerprint density at radius 3 is 2.92 bits per heavy atom. The number of aliphatic carboxylic acids is 1. The maximum Gasteiger partial charge on any atom is 0.329 e. The molecule has 13 heavy (non-hydrogen) atoms. The van der Waals surface area contributed by atoms with Crippen LogP contribution in [-0.2, 0) is 4.79 Å². The number of aliphatic hydroxyl groups excluding tert-OH is 1. The van der Waals surface area contributed by atoms with Crippen LogP contribution in [0.25, 0.3) is 0 Å². The minimum atomic E-state index is -0.948. The second kappa shape index (κ2) is 4.28. The first-order valence-corrected chi connectivity index (χ1v) is 4.43. The Morgan fingerprint density at radius 2 is 2.38 bits per heavy atom. The molecule has 1 fully saturated rings. The van der Waals surface area contributed by atoms with Gasteiger partial charge in [-0.15, -0.1) is 0 Å². The van der Waals surface area contributed by atoms with Crippen LogP contribution in [0.15, 0.2) is 12.3 Å². The van der Waals surface area contributed by atoms with E-state index < -0.39 is 5.97 Å². The molecule has 4 nitrogen and oxygen atoms in total. The highest BCUT2D eigenvalue weighted by molar-refractivity contribution is 5.79. The van der Waals surface area contributed by atoms with Crippen LogP contribution in [0.4, 0.5) is 0 Å². The molecule has 0 aromatic heterocycles. The van der Waals surface area contributed by atoms with E-state index in [2.05, 4.69) is 6.92 Å². The summed E-state index contributed by atoms with van der Waals surface area (Å²) >= 11 is 0. The molecule has 2 unspecified atom stereocenters. The summed E-state index contributed by atoms with van der Waals surface area (Å²) in [5.74, 6) is -0.514. The van der Waals surface area contributed by atoms with Crippen LogP contribution in [0.2, 0.25) is 0 Å². The predicted molar refractivity (Wildman–Crippen MR) is 48.1 cm³/mol. The van der Waals surface area contributed by atoms with E-state index in [1.165, 1.54) is 0 Å². The van der Waals surface area contributed by atoms with Crippen molar-refractivity contribution in [2.24, 2.45) is 5.92 Å². The van der Waals surface area contributed by atoms with Gasteiger partial charge in [0.25, 0.3) is 0 Å². The Balaban J connectivity index is 2.55. The lowest BCUT2D eigenvalue weighted by molar-refractivity contribution is -0.131. The smallest absolute Gasteiger partial charge is 0.329 e. The summed E-state index contributed by atoms with van der Waals surface area (Å²) in [5, 5.41) is 17.5. The number of rotatable bonds is 3. The van der Waals surface area contributed by atoms with E-state index >= 15 is 0 Å². The lowest BCUT2D eigenvalue weighted by atomic mass is 10.0. The summed E-state index contributed by atoms with van der Waals surface area (Å²) in [6, 6.07) is 0.0793. The van der Waals surface area contributed by atoms with Crippen molar-refractivity contribution in [3.8, 4) is 0 Å². The van der Waals surface area contributed by atoms with E-state index in [1.807, 2.05) is 4.90 Å². The largest absolute Gasteiger partial charge is 0.478 e. The van der Waals surface area contributed by atoms with Gasteiger partial charge in [-0.25, -0.2) is 4.79 Å². The summed E-state index contributed by atoms with van der Waals surface area (Å²) in [5.41, 5.74) is 0. The third-order valence-electron chi connectivity index (χ3n) is 2.52. The summed E-state index contributed by atoms with van der Waals surface area (Å²) in [4.78, 5) is 12.1. The number of nitrogens with zero attached hydrogens (tertiary/aromatic N) is 1. The first-order valence-electron chi connectivity index (χ1n) is 4.43. The zero-order chi connectivity index (χ0) is 9.84. The molecule has 0 aromatic carbocycles. The fourth-order valence-electron chi connectivity index (χ4n) is 1.67. The number of carboxylic acids is 1. The van der Waals surface area contributed by atoms with Crippen LogP contribution in [0.3, 0.4) is 0 Å². The standard InChI is InChI=1S/C9H15NO3/c1-7-2-4-10(8(7)6-11)5-3-9(12)13/h3,5,7-8,11H,2,4,6H2,1H3,(H,12,13)/b5-3+. The average molecular weight is 185 g/mol. The van der Waals surface area contributed by atoms with Gasteiger partial charge in [-0.2, -0.15) is 0 Å². The minimum Gasteiger partial charge on any atom is -0.478 e. The maximum atomic E-state index is 10.3. The normalized spacial score (nSPS) is 28.6. The van der Waals surface area contributed by atoms with Crippen molar-refractivity contribution in [2.75, 3.05) is 13.2 Å². The average Bonchev–Trinajstić information content (AvgIpc) is 2.42. The molecule has 0 amide bonds. The Kier molecular flexibility index (Phi) is 3.31. The van der Waals surface area contributed by atoms with E-state index in [1.54, 1.807) is 6.20 Å². The van der Waals surface area contributed by atoms with Crippen LogP contribution in [-0.4, -0.2) is 40.3 Å². The first kappa shape index (κ1) is 10.1. The number of hydrogen-bond acceptors (Lipinski definition) is 3. The Hall–Kier alpha value is -1.03. The molecule has 0 aromatic rings. The molecule has 0 spiro atoms. The van der Waals surface area contributed by atoms with Gasteiger partial charge in [0.15, 0.2) is 0 Å². The van der Waals surface area contributed by atoms with E-state index in [0.29, 0.717) is 5.92 Å². The van der Waals surface area contributed by atoms with Gasteiger partial charge in [0.1, 0.15) is 0 Å². The lowest BCUT2D eigenvalue weighted by Crippen LogP contribution is -2.31. The van der Waals surface area contributed by atoms with Gasteiger partial charge in [0.2, 0.25) is 0 Å². The number of likely N-dealkylation sites (tertiary alicyclic amines) is 1. The number of aliphatic hydroxyl groups is 1. The molecular weight excluding hydrogens is 170 g/mol. The minimum absolute atomic E-state index is 0.0793. The van der Waals surface area contributed by atoms with Crippen molar-refractivity contribution >= 4 is 5.97 Å². The molecule has 4 heteroatoms. The maximum absolute atomic E-state index is 10.3. The topological polar surface area (TPSA) is 60.8 Å².